The number of aliphatic hydroxyl groups is 1. The van der Waals surface area contributed by atoms with Crippen molar-refractivity contribution in [3.63, 3.8) is 0 Å². The molecule has 4 aliphatic rings. The Balaban J connectivity index is 1.22. The number of nitrogens with one attached hydrogen (secondary N) is 1. The maximum absolute atomic E-state index is 15.4. The van der Waals surface area contributed by atoms with Gasteiger partial charge in [-0.1, -0.05) is 13.0 Å². The van der Waals surface area contributed by atoms with Gasteiger partial charge in [0.15, 0.2) is 0 Å². The fraction of sp³-hybridized carbons (Fsp3) is 0.531. The molecule has 3 aromatic rings. The molecule has 1 aromatic carbocycles. The van der Waals surface area contributed by atoms with Crippen LogP contribution in [0.3, 0.4) is 0 Å². The highest BCUT2D eigenvalue weighted by molar-refractivity contribution is 5.71. The van der Waals surface area contributed by atoms with Gasteiger partial charge in [-0.2, -0.15) is 4.98 Å². The molecule has 0 amide bonds. The van der Waals surface area contributed by atoms with Crippen LogP contribution in [0, 0.1) is 5.82 Å². The summed E-state index contributed by atoms with van der Waals surface area (Å²) in [6.07, 6.45) is 3.71. The molecule has 0 unspecified atom stereocenters. The summed E-state index contributed by atoms with van der Waals surface area (Å²) in [4.78, 5) is 21.3. The molecule has 10 heteroatoms. The zero-order valence-electron chi connectivity index (χ0n) is 25.2. The van der Waals surface area contributed by atoms with Crippen LogP contribution in [0.5, 0.6) is 0 Å². The van der Waals surface area contributed by atoms with Crippen molar-refractivity contribution in [2.24, 2.45) is 0 Å². The molecule has 42 heavy (non-hydrogen) atoms. The first-order valence-corrected chi connectivity index (χ1v) is 14.9. The number of benzene rings is 1. The number of piperazine rings is 1. The minimum atomic E-state index is -1.09. The van der Waals surface area contributed by atoms with E-state index in [0.717, 1.165) is 37.3 Å². The predicted molar refractivity (Wildman–Crippen MR) is 161 cm³/mol. The van der Waals surface area contributed by atoms with E-state index in [4.69, 9.17) is 14.7 Å². The molecule has 2 N–H and O–H groups in total. The van der Waals surface area contributed by atoms with Gasteiger partial charge in [-0.25, -0.2) is 14.4 Å². The van der Waals surface area contributed by atoms with Gasteiger partial charge in [0, 0.05) is 48.0 Å². The highest BCUT2D eigenvalue weighted by Crippen LogP contribution is 2.53. The van der Waals surface area contributed by atoms with Crippen LogP contribution in [-0.4, -0.2) is 75.4 Å². The van der Waals surface area contributed by atoms with Gasteiger partial charge >= 0.3 is 0 Å². The fourth-order valence-electron chi connectivity index (χ4n) is 7.27. The van der Waals surface area contributed by atoms with E-state index < -0.39 is 5.60 Å². The second-order valence-electron chi connectivity index (χ2n) is 13.9. The molecular formula is C32H40FN7O2. The molecule has 3 fully saturated rings. The maximum atomic E-state index is 15.4. The van der Waals surface area contributed by atoms with Crippen molar-refractivity contribution in [2.75, 3.05) is 41.9 Å². The Morgan fingerprint density at radius 1 is 1.10 bits per heavy atom. The maximum Gasteiger partial charge on any atom is 0.229 e. The number of nitrogens with zero attached hydrogens (tertiary/aromatic N) is 6. The number of halogens is 1. The minimum absolute atomic E-state index is 0.0249. The van der Waals surface area contributed by atoms with Crippen molar-refractivity contribution in [2.45, 2.75) is 82.2 Å². The minimum Gasteiger partial charge on any atom is -0.384 e. The molecule has 222 valence electrons. The molecule has 4 atom stereocenters. The van der Waals surface area contributed by atoms with Gasteiger partial charge in [0.2, 0.25) is 5.95 Å². The number of aromatic nitrogens is 3. The molecule has 3 saturated heterocycles. The molecule has 2 aromatic heterocycles. The smallest absolute Gasteiger partial charge is 0.229 e. The number of pyridine rings is 1. The average Bonchev–Trinajstić information content (AvgIpc) is 3.57. The summed E-state index contributed by atoms with van der Waals surface area (Å²) in [6, 6.07) is 11.9. The third kappa shape index (κ3) is 4.42. The molecule has 0 saturated carbocycles. The summed E-state index contributed by atoms with van der Waals surface area (Å²) in [7, 11) is 2.15. The largest absolute Gasteiger partial charge is 0.384 e. The number of likely N-dealkylation sites (tertiary alicyclic amines) is 1. The first kappa shape index (κ1) is 27.5. The van der Waals surface area contributed by atoms with Gasteiger partial charge in [0.25, 0.3) is 0 Å². The van der Waals surface area contributed by atoms with E-state index in [1.54, 1.807) is 13.8 Å². The summed E-state index contributed by atoms with van der Waals surface area (Å²) >= 11 is 0. The second-order valence-corrected chi connectivity index (χ2v) is 13.9. The van der Waals surface area contributed by atoms with Crippen LogP contribution in [0.25, 0.3) is 0 Å². The fourth-order valence-corrected chi connectivity index (χ4v) is 7.27. The first-order valence-electron chi connectivity index (χ1n) is 14.9. The van der Waals surface area contributed by atoms with Crippen molar-refractivity contribution in [1.82, 2.24) is 19.9 Å². The van der Waals surface area contributed by atoms with Crippen LogP contribution in [0.4, 0.5) is 33.3 Å². The molecule has 0 spiro atoms. The van der Waals surface area contributed by atoms with Crippen molar-refractivity contribution >= 4 is 29.0 Å². The topological polar surface area (TPSA) is 89.9 Å². The lowest BCUT2D eigenvalue weighted by atomic mass is 9.73. The normalized spacial score (nSPS) is 28.2. The highest BCUT2D eigenvalue weighted by Gasteiger charge is 2.55. The van der Waals surface area contributed by atoms with Crippen molar-refractivity contribution in [1.29, 1.82) is 0 Å². The molecular weight excluding hydrogens is 533 g/mol. The van der Waals surface area contributed by atoms with E-state index in [1.807, 2.05) is 36.5 Å². The van der Waals surface area contributed by atoms with Gasteiger partial charge in [-0.15, -0.1) is 0 Å². The monoisotopic (exact) mass is 573 g/mol. The quantitative estimate of drug-likeness (QED) is 0.445. The summed E-state index contributed by atoms with van der Waals surface area (Å²) < 4.78 is 21.7. The molecule has 0 radical (unpaired) electrons. The molecule has 7 rings (SSSR count). The zero-order chi connectivity index (χ0) is 29.6. The summed E-state index contributed by atoms with van der Waals surface area (Å²) in [5.74, 6) is 1.60. The Morgan fingerprint density at radius 3 is 2.60 bits per heavy atom. The van der Waals surface area contributed by atoms with Gasteiger partial charge in [-0.3, -0.25) is 4.90 Å². The van der Waals surface area contributed by atoms with E-state index >= 15 is 4.39 Å². The molecule has 6 heterocycles. The van der Waals surface area contributed by atoms with E-state index in [2.05, 4.69) is 52.8 Å². The number of likely N-dealkylation sites (N-methyl/N-ethyl adjacent to an activating group) is 1. The summed E-state index contributed by atoms with van der Waals surface area (Å²) in [5.41, 5.74) is 1.05. The van der Waals surface area contributed by atoms with Crippen molar-refractivity contribution < 1.29 is 14.2 Å². The third-order valence-corrected chi connectivity index (χ3v) is 9.74. The van der Waals surface area contributed by atoms with Gasteiger partial charge in [0.05, 0.1) is 29.6 Å². The molecule has 2 bridgehead atoms. The van der Waals surface area contributed by atoms with Crippen LogP contribution in [-0.2, 0) is 15.8 Å². The van der Waals surface area contributed by atoms with Crippen LogP contribution in [0.15, 0.2) is 42.6 Å². The Morgan fingerprint density at radius 2 is 1.90 bits per heavy atom. The number of fused-ring (bicyclic) bond motifs is 5. The molecule has 4 aliphatic heterocycles. The van der Waals surface area contributed by atoms with Crippen LogP contribution < -0.4 is 15.1 Å². The molecule has 9 nitrogen and oxygen atoms in total. The number of rotatable bonds is 5. The van der Waals surface area contributed by atoms with Gasteiger partial charge in [-0.05, 0) is 77.9 Å². The Labute approximate surface area is 246 Å². The zero-order valence-corrected chi connectivity index (χ0v) is 25.2. The van der Waals surface area contributed by atoms with Gasteiger partial charge < -0.3 is 25.0 Å². The van der Waals surface area contributed by atoms with Crippen LogP contribution in [0.1, 0.15) is 58.7 Å². The Hall–Kier alpha value is -3.34. The van der Waals surface area contributed by atoms with Crippen LogP contribution in [0.2, 0.25) is 0 Å². The Kier molecular flexibility index (Phi) is 6.11. The lowest BCUT2D eigenvalue weighted by molar-refractivity contribution is -0.0893. The van der Waals surface area contributed by atoms with Crippen molar-refractivity contribution in [3.05, 3.63) is 59.7 Å². The number of hydrogen-bond acceptors (Lipinski definition) is 9. The first-order chi connectivity index (χ1) is 19.8. The van der Waals surface area contributed by atoms with Crippen molar-refractivity contribution in [3.8, 4) is 0 Å². The lowest BCUT2D eigenvalue weighted by Crippen LogP contribution is -2.54. The van der Waals surface area contributed by atoms with E-state index in [1.165, 1.54) is 6.07 Å². The summed E-state index contributed by atoms with van der Waals surface area (Å²) in [6.45, 7) is 12.2. The van der Waals surface area contributed by atoms with E-state index in [0.29, 0.717) is 47.5 Å². The Bertz CT molecular complexity index is 1540. The molecule has 0 aliphatic carbocycles. The SMILES string of the molecule is CN1C[C@H]2C[C@@H]1CN2c1ccc(Nc2ncc3c(n2)N(c2cccc(C(C)(C)O)n2)[C@@H]2CC(C)(C)OC[C@]32C)cc1F. The number of hydrogen-bond donors (Lipinski definition) is 2. The predicted octanol–water partition coefficient (Wildman–Crippen LogP) is 4.85. The standard InChI is InChI=1S/C32H40FN7O2/c1-30(2)14-26-32(5,18-42-30)22-15-34-29(37-28(22)40(26)27-9-7-8-25(36-27)31(3,4)41)35-19-10-11-24(23(33)12-19)39-17-20-13-21(39)16-38(20)6/h7-12,15,20-21,26,41H,13-14,16-18H2,1-6H3,(H,34,35,37)/t20-,21-,26-,32-/m1/s1. The number of ether oxygens (including phenoxy) is 1. The van der Waals surface area contributed by atoms with Gasteiger partial charge in [0.1, 0.15) is 23.1 Å². The van der Waals surface area contributed by atoms with E-state index in [-0.39, 0.29) is 22.9 Å². The third-order valence-electron chi connectivity index (χ3n) is 9.74. The number of anilines is 5. The highest BCUT2D eigenvalue weighted by atomic mass is 19.1. The lowest BCUT2D eigenvalue weighted by Gasteiger charge is -2.46. The summed E-state index contributed by atoms with van der Waals surface area (Å²) in [5, 5.41) is 14.0. The average molecular weight is 574 g/mol. The van der Waals surface area contributed by atoms with E-state index in [9.17, 15) is 5.11 Å². The van der Waals surface area contributed by atoms with Crippen LogP contribution >= 0.6 is 0 Å². The second kappa shape index (κ2) is 9.33.